The first-order valence-corrected chi connectivity index (χ1v) is 8.80. The van der Waals surface area contributed by atoms with Crippen molar-refractivity contribution in [1.82, 2.24) is 4.57 Å². The lowest BCUT2D eigenvalue weighted by Gasteiger charge is -2.03. The number of aromatic nitrogens is 1. The van der Waals surface area contributed by atoms with Crippen LogP contribution in [-0.2, 0) is 16.1 Å². The number of thiazole rings is 1. The number of ether oxygens (including phenoxy) is 1. The van der Waals surface area contributed by atoms with E-state index in [-0.39, 0.29) is 11.9 Å². The maximum Gasteiger partial charge on any atom is 0.338 e. The molecule has 0 saturated carbocycles. The summed E-state index contributed by atoms with van der Waals surface area (Å²) >= 11 is 1.43. The normalized spacial score (nSPS) is 11.9. The Morgan fingerprint density at radius 1 is 1.26 bits per heavy atom. The zero-order valence-electron chi connectivity index (χ0n) is 13.8. The van der Waals surface area contributed by atoms with Crippen LogP contribution in [0.1, 0.15) is 50.4 Å². The van der Waals surface area contributed by atoms with Crippen molar-refractivity contribution in [2.75, 3.05) is 6.61 Å². The molecule has 0 fully saturated rings. The molecular formula is C17H22N2O3S. The van der Waals surface area contributed by atoms with Gasteiger partial charge < -0.3 is 9.30 Å². The van der Waals surface area contributed by atoms with Gasteiger partial charge in [0.1, 0.15) is 0 Å². The predicted molar refractivity (Wildman–Crippen MR) is 91.5 cm³/mol. The first-order valence-electron chi connectivity index (χ1n) is 7.98. The molecule has 124 valence electrons. The molecule has 5 nitrogen and oxygen atoms in total. The average molecular weight is 334 g/mol. The van der Waals surface area contributed by atoms with E-state index in [0.29, 0.717) is 23.4 Å². The quantitative estimate of drug-likeness (QED) is 0.759. The number of carbonyl (C=O) groups excluding carboxylic acids is 2. The number of nitrogens with zero attached hydrogens (tertiary/aromatic N) is 2. The summed E-state index contributed by atoms with van der Waals surface area (Å²) in [5, 5.41) is 0. The molecule has 0 unspecified atom stereocenters. The van der Waals surface area contributed by atoms with Gasteiger partial charge in [0.25, 0.3) is 0 Å². The van der Waals surface area contributed by atoms with Gasteiger partial charge in [-0.1, -0.05) is 24.7 Å². The number of carbonyl (C=O) groups is 2. The minimum absolute atomic E-state index is 0.0915. The lowest BCUT2D eigenvalue weighted by molar-refractivity contribution is -0.118. The highest BCUT2D eigenvalue weighted by molar-refractivity contribution is 7.16. The molecule has 0 N–H and O–H groups in total. The Labute approximate surface area is 139 Å². The van der Waals surface area contributed by atoms with Crippen LogP contribution in [0, 0.1) is 0 Å². The first kappa shape index (κ1) is 17.4. The Bertz CT molecular complexity index is 774. The monoisotopic (exact) mass is 334 g/mol. The van der Waals surface area contributed by atoms with Crippen molar-refractivity contribution in [2.45, 2.75) is 46.6 Å². The second-order valence-corrected chi connectivity index (χ2v) is 6.15. The standard InChI is InChI=1S/C17H22N2O3S/c1-4-7-8-15(20)18-17-19(5-2)13-10-9-12(11-14(13)23-17)16(21)22-6-3/h9-11H,4-8H2,1-3H3. The topological polar surface area (TPSA) is 60.7 Å². The number of hydrogen-bond donors (Lipinski definition) is 0. The smallest absolute Gasteiger partial charge is 0.338 e. The van der Waals surface area contributed by atoms with Gasteiger partial charge in [-0.25, -0.2) is 4.79 Å². The number of rotatable bonds is 6. The van der Waals surface area contributed by atoms with Crippen molar-refractivity contribution in [3.63, 3.8) is 0 Å². The van der Waals surface area contributed by atoms with Crippen LogP contribution in [0.4, 0.5) is 0 Å². The van der Waals surface area contributed by atoms with Crippen LogP contribution in [0.15, 0.2) is 23.2 Å². The van der Waals surface area contributed by atoms with Crippen LogP contribution in [0.3, 0.4) is 0 Å². The fourth-order valence-electron chi connectivity index (χ4n) is 2.30. The fraction of sp³-hybridized carbons (Fsp3) is 0.471. The molecular weight excluding hydrogens is 312 g/mol. The molecule has 2 rings (SSSR count). The van der Waals surface area contributed by atoms with Gasteiger partial charge >= 0.3 is 5.97 Å². The number of aryl methyl sites for hydroxylation is 1. The summed E-state index contributed by atoms with van der Waals surface area (Å²) in [4.78, 5) is 28.7. The molecule has 23 heavy (non-hydrogen) atoms. The number of hydrogen-bond acceptors (Lipinski definition) is 4. The van der Waals surface area contributed by atoms with Crippen LogP contribution in [0.25, 0.3) is 10.2 Å². The number of esters is 1. The third-order valence-corrected chi connectivity index (χ3v) is 4.52. The van der Waals surface area contributed by atoms with E-state index in [2.05, 4.69) is 11.9 Å². The zero-order valence-corrected chi connectivity index (χ0v) is 14.6. The van der Waals surface area contributed by atoms with Crippen LogP contribution in [0.2, 0.25) is 0 Å². The summed E-state index contributed by atoms with van der Waals surface area (Å²) in [5.74, 6) is -0.422. The minimum atomic E-state index is -0.330. The minimum Gasteiger partial charge on any atom is -0.462 e. The Balaban J connectivity index is 2.44. The number of benzene rings is 1. The Morgan fingerprint density at radius 3 is 2.70 bits per heavy atom. The molecule has 0 aliphatic heterocycles. The summed E-state index contributed by atoms with van der Waals surface area (Å²) in [7, 11) is 0. The lowest BCUT2D eigenvalue weighted by atomic mass is 10.2. The highest BCUT2D eigenvalue weighted by Gasteiger charge is 2.11. The van der Waals surface area contributed by atoms with E-state index in [1.165, 1.54) is 11.3 Å². The molecule has 0 bridgehead atoms. The van der Waals surface area contributed by atoms with Gasteiger partial charge in [-0.15, -0.1) is 0 Å². The molecule has 0 spiro atoms. The van der Waals surface area contributed by atoms with Crippen molar-refractivity contribution < 1.29 is 14.3 Å². The molecule has 0 atom stereocenters. The van der Waals surface area contributed by atoms with Crippen molar-refractivity contribution >= 4 is 33.4 Å². The predicted octanol–water partition coefficient (Wildman–Crippen LogP) is 3.52. The second-order valence-electron chi connectivity index (χ2n) is 5.14. The van der Waals surface area contributed by atoms with E-state index in [9.17, 15) is 9.59 Å². The maximum atomic E-state index is 11.9. The van der Waals surface area contributed by atoms with E-state index in [1.807, 2.05) is 17.6 Å². The number of fused-ring (bicyclic) bond motifs is 1. The summed E-state index contributed by atoms with van der Waals surface area (Å²) in [5.41, 5.74) is 1.50. The number of unbranched alkanes of at least 4 members (excludes halogenated alkanes) is 1. The highest BCUT2D eigenvalue weighted by Crippen LogP contribution is 2.20. The average Bonchev–Trinajstić information content (AvgIpc) is 2.88. The van der Waals surface area contributed by atoms with Crippen LogP contribution in [0.5, 0.6) is 0 Å². The van der Waals surface area contributed by atoms with Gasteiger partial charge in [0.15, 0.2) is 4.80 Å². The van der Waals surface area contributed by atoms with Crippen molar-refractivity contribution in [2.24, 2.45) is 4.99 Å². The van der Waals surface area contributed by atoms with E-state index in [4.69, 9.17) is 4.74 Å². The molecule has 6 heteroatoms. The Kier molecular flexibility index (Phi) is 6.10. The van der Waals surface area contributed by atoms with Crippen molar-refractivity contribution in [1.29, 1.82) is 0 Å². The third-order valence-electron chi connectivity index (χ3n) is 3.47. The summed E-state index contributed by atoms with van der Waals surface area (Å²) in [6.07, 6.45) is 2.30. The zero-order chi connectivity index (χ0) is 16.8. The summed E-state index contributed by atoms with van der Waals surface area (Å²) in [6, 6.07) is 5.44. The van der Waals surface area contributed by atoms with Gasteiger partial charge in [0.2, 0.25) is 5.91 Å². The van der Waals surface area contributed by atoms with Crippen molar-refractivity contribution in [3.05, 3.63) is 28.6 Å². The van der Waals surface area contributed by atoms with Gasteiger partial charge in [0, 0.05) is 13.0 Å². The van der Waals surface area contributed by atoms with Gasteiger partial charge in [-0.3, -0.25) is 4.79 Å². The van der Waals surface area contributed by atoms with Crippen LogP contribution < -0.4 is 4.80 Å². The van der Waals surface area contributed by atoms with Gasteiger partial charge in [-0.2, -0.15) is 4.99 Å². The highest BCUT2D eigenvalue weighted by atomic mass is 32.1. The van der Waals surface area contributed by atoms with Crippen LogP contribution in [-0.4, -0.2) is 23.1 Å². The maximum absolute atomic E-state index is 11.9. The Morgan fingerprint density at radius 2 is 2.04 bits per heavy atom. The fourth-order valence-corrected chi connectivity index (χ4v) is 3.45. The van der Waals surface area contributed by atoms with E-state index >= 15 is 0 Å². The molecule has 0 aliphatic carbocycles. The summed E-state index contributed by atoms with van der Waals surface area (Å²) < 4.78 is 7.96. The Hall–Kier alpha value is -1.95. The largest absolute Gasteiger partial charge is 0.462 e. The van der Waals surface area contributed by atoms with E-state index in [0.717, 1.165) is 29.6 Å². The molecule has 0 aliphatic rings. The SMILES string of the molecule is CCCCC(=O)N=c1sc2cc(C(=O)OCC)ccc2n1CC. The molecule has 1 heterocycles. The molecule has 2 aromatic rings. The third kappa shape index (κ3) is 4.07. The summed E-state index contributed by atoms with van der Waals surface area (Å²) in [6.45, 7) is 6.92. The molecule has 1 aromatic carbocycles. The molecule has 0 radical (unpaired) electrons. The molecule has 1 amide bonds. The molecule has 0 saturated heterocycles. The van der Waals surface area contributed by atoms with Gasteiger partial charge in [0.05, 0.1) is 22.4 Å². The second kappa shape index (κ2) is 8.06. The van der Waals surface area contributed by atoms with Crippen LogP contribution >= 0.6 is 11.3 Å². The van der Waals surface area contributed by atoms with E-state index in [1.54, 1.807) is 19.1 Å². The molecule has 1 aromatic heterocycles. The van der Waals surface area contributed by atoms with Gasteiger partial charge in [-0.05, 0) is 38.5 Å². The lowest BCUT2D eigenvalue weighted by Crippen LogP contribution is -2.15. The first-order chi connectivity index (χ1) is 11.1. The van der Waals surface area contributed by atoms with E-state index < -0.39 is 0 Å². The number of amides is 1. The van der Waals surface area contributed by atoms with Crippen molar-refractivity contribution in [3.8, 4) is 0 Å².